The van der Waals surface area contributed by atoms with Crippen LogP contribution in [0.15, 0.2) is 497 Å². The van der Waals surface area contributed by atoms with Crippen LogP contribution < -0.4 is 62.2 Å². The summed E-state index contributed by atoms with van der Waals surface area (Å²) in [4.78, 5) is 44.3. The molecule has 652 valence electrons. The molecule has 0 N–H and O–H groups in total. The van der Waals surface area contributed by atoms with Crippen LogP contribution in [0, 0.1) is 0 Å². The van der Waals surface area contributed by atoms with E-state index >= 15 is 0 Å². The van der Waals surface area contributed by atoms with E-state index in [4.69, 9.17) is 39.9 Å². The first kappa shape index (κ1) is 80.6. The fraction of sp³-hybridized carbons (Fsp3) is 0. The molecular formula is C122H82N14Si3. The van der Waals surface area contributed by atoms with Crippen LogP contribution in [0.25, 0.3) is 157 Å². The molecule has 0 saturated heterocycles. The van der Waals surface area contributed by atoms with Crippen LogP contribution in [-0.4, -0.2) is 91.2 Å². The van der Waals surface area contributed by atoms with Gasteiger partial charge in [-0.15, -0.1) is 0 Å². The highest BCUT2D eigenvalue weighted by Crippen LogP contribution is 2.39. The molecule has 0 bridgehead atoms. The zero-order valence-electron chi connectivity index (χ0n) is 75.1. The van der Waals surface area contributed by atoms with Gasteiger partial charge in [0, 0.05) is 32.7 Å². The Hall–Kier alpha value is -18.0. The number of aromatic nitrogens is 14. The van der Waals surface area contributed by atoms with Crippen LogP contribution in [0.3, 0.4) is 0 Å². The molecule has 0 aliphatic heterocycles. The Labute approximate surface area is 802 Å². The number of nitrogens with zero attached hydrogens (tertiary/aromatic N) is 14. The highest BCUT2D eigenvalue weighted by atomic mass is 28.3. The summed E-state index contributed by atoms with van der Waals surface area (Å²) in [5, 5.41) is 19.4. The first-order chi connectivity index (χ1) is 68.9. The molecule has 0 unspecified atom stereocenters. The first-order valence-electron chi connectivity index (χ1n) is 47.0. The Morgan fingerprint density at radius 1 is 0.144 bits per heavy atom. The quantitative estimate of drug-likeness (QED) is 0.0578. The molecule has 0 spiro atoms. The van der Waals surface area contributed by atoms with Gasteiger partial charge in [0.25, 0.3) is 0 Å². The van der Waals surface area contributed by atoms with Crippen molar-refractivity contribution in [3.8, 4) is 57.7 Å². The molecule has 0 aliphatic carbocycles. The lowest BCUT2D eigenvalue weighted by Crippen LogP contribution is -2.74. The van der Waals surface area contributed by atoms with Crippen molar-refractivity contribution < 1.29 is 0 Å². The summed E-state index contributed by atoms with van der Waals surface area (Å²) in [5.41, 5.74) is 15.3. The van der Waals surface area contributed by atoms with Gasteiger partial charge in [0.1, 0.15) is 0 Å². The molecule has 0 fully saturated rings. The third kappa shape index (κ3) is 12.6. The molecule has 17 heteroatoms. The van der Waals surface area contributed by atoms with E-state index in [1.165, 1.54) is 62.2 Å². The predicted molar refractivity (Wildman–Crippen MR) is 575 cm³/mol. The largest absolute Gasteiger partial charge is 0.278 e. The van der Waals surface area contributed by atoms with E-state index in [9.17, 15) is 0 Å². The third-order valence-electron chi connectivity index (χ3n) is 28.4. The van der Waals surface area contributed by atoms with Gasteiger partial charge in [-0.05, 0) is 146 Å². The highest BCUT2D eigenvalue weighted by molar-refractivity contribution is 7.21. The molecule has 0 saturated carbocycles. The average molecular weight is 1830 g/mol. The second-order valence-corrected chi connectivity index (χ2v) is 47.2. The molecular weight excluding hydrogens is 1750 g/mol. The predicted octanol–water partition coefficient (Wildman–Crippen LogP) is 18.9. The number of para-hydroxylation sites is 7. The summed E-state index contributed by atoms with van der Waals surface area (Å²) in [6, 6.07) is 182. The minimum atomic E-state index is -3.32. The summed E-state index contributed by atoms with van der Waals surface area (Å²) in [5.74, 6) is 4.33. The molecule has 0 atom stereocenters. The maximum absolute atomic E-state index is 5.77. The van der Waals surface area contributed by atoms with Gasteiger partial charge in [-0.2, -0.15) is 29.9 Å². The summed E-state index contributed by atoms with van der Waals surface area (Å²) in [7, 11) is -9.65. The van der Waals surface area contributed by atoms with Crippen LogP contribution in [-0.2, 0) is 0 Å². The molecule has 14 nitrogen and oxygen atoms in total. The third-order valence-corrected chi connectivity index (χ3v) is 42.7. The highest BCUT2D eigenvalue weighted by Gasteiger charge is 2.46. The van der Waals surface area contributed by atoms with Crippen molar-refractivity contribution >= 4 is 186 Å². The van der Waals surface area contributed by atoms with Crippen LogP contribution in [0.4, 0.5) is 0 Å². The second kappa shape index (κ2) is 32.7. The van der Waals surface area contributed by atoms with Crippen molar-refractivity contribution in [1.29, 1.82) is 0 Å². The Morgan fingerprint density at radius 3 is 0.871 bits per heavy atom. The van der Waals surface area contributed by atoms with Crippen molar-refractivity contribution in [2.24, 2.45) is 0 Å². The first-order valence-corrected chi connectivity index (χ1v) is 53.0. The van der Waals surface area contributed by atoms with Crippen LogP contribution in [0.1, 0.15) is 0 Å². The van der Waals surface area contributed by atoms with E-state index in [0.717, 1.165) is 110 Å². The molecule has 8 heterocycles. The Morgan fingerprint density at radius 2 is 0.424 bits per heavy atom. The molecule has 19 aromatic carbocycles. The summed E-state index contributed by atoms with van der Waals surface area (Å²) >= 11 is 0. The van der Waals surface area contributed by atoms with Gasteiger partial charge in [-0.1, -0.05) is 425 Å². The maximum atomic E-state index is 5.77. The monoisotopic (exact) mass is 1830 g/mol. The SMILES string of the molecule is c1ccc(-c2nc(-n3c4ccccc4c4ccccc43)nc(-n3c4ccccc4n4c5cc([Si](c6ccccc6)(c6ccccc6)c6cccc(-c7ccc([Si](c8ccccc8)(c8ccccc8)c8ccc9c(c8)c8ccccc8n9-c8nc(-c9ccccc9)nc(-n9c%10ccc([Si](c%11ccccc%11)(c%11ccccc%11)c%11ccccc%11)cc%10n%10c%11ccccc%11nc9%10)n8)cc7)c6)ccc5nc34)n2)cc1. The molecule has 27 aromatic rings. The van der Waals surface area contributed by atoms with Gasteiger partial charge < -0.3 is 0 Å². The standard InChI is InChI=1S/C122H82N14Si3/c1-10-39-84(40-11-1)115-125-117(131-105-63-32-28-59-99(105)100-60-29-33-64-106(100)131)129-119(127-115)135-111-68-37-36-67-110(111)134-113-81-97(73-76-104(113)124-122(134)135)139(92-54-24-8-25-55-92,93-56-26-9-27-57-93)95-58-38-43-86(79-95)83-69-71-94(72-70-83)138(90-50-20-6-21-51-90,91-52-22-7-23-53-91)96-74-77-108-102(80-96)101-61-30-34-65-107(101)132(108)118-126-116(85-41-12-2-13-42-85)128-120(130-118)136-112-78-75-98(82-114(112)133-109-66-35-31-62-103(109)123-121(133)136)137(87-44-14-3-15-45-87,88-46-16-4-17-47-88)89-48-18-5-19-49-89/h1-82H. The lowest BCUT2D eigenvalue weighted by molar-refractivity contribution is 0.884. The van der Waals surface area contributed by atoms with Crippen molar-refractivity contribution in [1.82, 2.24) is 66.9 Å². The van der Waals surface area contributed by atoms with Gasteiger partial charge in [-0.3, -0.25) is 17.9 Å². The number of hydrogen-bond donors (Lipinski definition) is 0. The van der Waals surface area contributed by atoms with Gasteiger partial charge in [0.15, 0.2) is 35.9 Å². The average Bonchev–Trinajstić information content (AvgIpc) is 1.48. The molecule has 8 aromatic heterocycles. The normalized spacial score (nSPS) is 12.2. The number of hydrogen-bond acceptors (Lipinski definition) is 8. The lowest BCUT2D eigenvalue weighted by atomic mass is 10.1. The number of fused-ring (bicyclic) bond motifs is 16. The van der Waals surface area contributed by atoms with Gasteiger partial charge in [0.2, 0.25) is 35.3 Å². The Bertz CT molecular complexity index is 9220. The fourth-order valence-corrected chi connectivity index (χ4v) is 36.7. The smallest absolute Gasteiger partial charge is 0.242 e. The van der Waals surface area contributed by atoms with E-state index < -0.39 is 24.2 Å². The van der Waals surface area contributed by atoms with Gasteiger partial charge in [0.05, 0.1) is 66.2 Å². The van der Waals surface area contributed by atoms with E-state index in [1.54, 1.807) is 0 Å². The minimum absolute atomic E-state index is 0.439. The Balaban J connectivity index is 0.608. The van der Waals surface area contributed by atoms with Crippen molar-refractivity contribution in [2.75, 3.05) is 0 Å². The summed E-state index contributed by atoms with van der Waals surface area (Å²) in [6.45, 7) is 0. The maximum Gasteiger partial charge on any atom is 0.242 e. The number of benzene rings is 19. The zero-order valence-corrected chi connectivity index (χ0v) is 78.1. The topological polar surface area (TPSA) is 132 Å². The van der Waals surface area contributed by atoms with Gasteiger partial charge >= 0.3 is 0 Å². The van der Waals surface area contributed by atoms with Crippen LogP contribution in [0.2, 0.25) is 0 Å². The fourth-order valence-electron chi connectivity index (χ4n) is 22.4. The van der Waals surface area contributed by atoms with Crippen LogP contribution in [0.5, 0.6) is 0 Å². The summed E-state index contributed by atoms with van der Waals surface area (Å²) in [6.07, 6.45) is 0. The Kier molecular flexibility index (Phi) is 19.0. The van der Waals surface area contributed by atoms with Crippen LogP contribution >= 0.6 is 0 Å². The summed E-state index contributed by atoms with van der Waals surface area (Å²) < 4.78 is 13.3. The second-order valence-electron chi connectivity index (χ2n) is 35.7. The number of imidazole rings is 4. The van der Waals surface area contributed by atoms with Crippen molar-refractivity contribution in [2.45, 2.75) is 0 Å². The van der Waals surface area contributed by atoms with Crippen molar-refractivity contribution in [3.05, 3.63) is 497 Å². The van der Waals surface area contributed by atoms with E-state index in [-0.39, 0.29) is 0 Å². The van der Waals surface area contributed by atoms with Crippen molar-refractivity contribution in [3.63, 3.8) is 0 Å². The molecule has 139 heavy (non-hydrogen) atoms. The molecule has 0 radical (unpaired) electrons. The minimum Gasteiger partial charge on any atom is -0.278 e. The zero-order chi connectivity index (χ0) is 91.7. The number of rotatable bonds is 19. The van der Waals surface area contributed by atoms with E-state index in [2.05, 4.69) is 488 Å². The molecule has 0 aliphatic rings. The molecule has 27 rings (SSSR count). The van der Waals surface area contributed by atoms with E-state index in [1.807, 2.05) is 36.4 Å². The van der Waals surface area contributed by atoms with E-state index in [0.29, 0.717) is 47.0 Å². The van der Waals surface area contributed by atoms with Gasteiger partial charge in [-0.25, -0.2) is 19.1 Å². The lowest BCUT2D eigenvalue weighted by Gasteiger charge is -2.35. The molecule has 0 amide bonds.